The van der Waals surface area contributed by atoms with Crippen LogP contribution in [-0.2, 0) is 35.4 Å². The number of carbonyl (C=O) groups excluding carboxylic acids is 2. The van der Waals surface area contributed by atoms with Crippen molar-refractivity contribution in [1.82, 2.24) is 19.8 Å². The molecule has 1 unspecified atom stereocenters. The number of carbonyl (C=O) groups is 2. The lowest BCUT2D eigenvalue weighted by atomic mass is 9.96. The van der Waals surface area contributed by atoms with E-state index in [2.05, 4.69) is 4.98 Å². The number of aryl methyl sites for hydroxylation is 2. The van der Waals surface area contributed by atoms with Gasteiger partial charge in [0.15, 0.2) is 0 Å². The quantitative estimate of drug-likeness (QED) is 0.732. The first-order valence-electron chi connectivity index (χ1n) is 10.5. The fraction of sp³-hybridized carbons (Fsp3) is 0.545. The zero-order valence-electron chi connectivity index (χ0n) is 17.0. The van der Waals surface area contributed by atoms with Gasteiger partial charge < -0.3 is 9.80 Å². The molecule has 0 spiro atoms. The molecule has 154 valence electrons. The molecule has 2 aromatic heterocycles. The Balaban J connectivity index is 1.33. The lowest BCUT2D eigenvalue weighted by Crippen LogP contribution is -2.46. The molecule has 1 fully saturated rings. The zero-order valence-corrected chi connectivity index (χ0v) is 17.8. The molecule has 0 radical (unpaired) electrons. The fourth-order valence-electron chi connectivity index (χ4n) is 4.19. The number of hydrogen-bond acceptors (Lipinski definition) is 5. The number of piperidine rings is 1. The van der Waals surface area contributed by atoms with E-state index in [4.69, 9.17) is 4.98 Å². The third kappa shape index (κ3) is 4.83. The van der Waals surface area contributed by atoms with E-state index in [0.717, 1.165) is 23.5 Å². The van der Waals surface area contributed by atoms with Crippen molar-refractivity contribution in [2.24, 2.45) is 5.92 Å². The number of thiazole rings is 1. The maximum Gasteiger partial charge on any atom is 0.227 e. The number of aromatic nitrogens is 2. The van der Waals surface area contributed by atoms with E-state index >= 15 is 0 Å². The maximum atomic E-state index is 13.0. The van der Waals surface area contributed by atoms with Crippen molar-refractivity contribution in [2.75, 3.05) is 20.1 Å². The highest BCUT2D eigenvalue weighted by molar-refractivity contribution is 7.11. The van der Waals surface area contributed by atoms with Gasteiger partial charge in [0, 0.05) is 49.7 Å². The summed E-state index contributed by atoms with van der Waals surface area (Å²) in [6, 6.07) is 5.81. The van der Waals surface area contributed by atoms with Crippen molar-refractivity contribution in [2.45, 2.75) is 51.5 Å². The van der Waals surface area contributed by atoms with E-state index in [1.807, 2.05) is 30.1 Å². The topological polar surface area (TPSA) is 66.4 Å². The average Bonchev–Trinajstić information content (AvgIpc) is 3.15. The Morgan fingerprint density at radius 3 is 2.93 bits per heavy atom. The molecule has 29 heavy (non-hydrogen) atoms. The van der Waals surface area contributed by atoms with Gasteiger partial charge in [0.1, 0.15) is 5.01 Å². The standard InChI is InChI=1S/C22H28N4O2S/c1-25(15-20-24-18-7-2-3-8-19(18)29-20)22(28)16-9-10-21(27)26(14-16)13-11-17-6-4-5-12-23-17/h4-6,12,16H,2-3,7-11,13-15H2,1H3. The Morgan fingerprint density at radius 1 is 1.28 bits per heavy atom. The average molecular weight is 413 g/mol. The molecule has 3 heterocycles. The summed E-state index contributed by atoms with van der Waals surface area (Å²) in [4.78, 5) is 39.5. The maximum absolute atomic E-state index is 13.0. The van der Waals surface area contributed by atoms with Crippen LogP contribution in [0.3, 0.4) is 0 Å². The lowest BCUT2D eigenvalue weighted by molar-refractivity contribution is -0.142. The van der Waals surface area contributed by atoms with Crippen LogP contribution in [0, 0.1) is 5.92 Å². The van der Waals surface area contributed by atoms with Crippen LogP contribution in [0.1, 0.15) is 47.0 Å². The molecule has 0 bridgehead atoms. The molecule has 1 saturated heterocycles. The highest BCUT2D eigenvalue weighted by atomic mass is 32.1. The summed E-state index contributed by atoms with van der Waals surface area (Å²) in [6.07, 6.45) is 8.22. The lowest BCUT2D eigenvalue weighted by Gasteiger charge is -2.33. The van der Waals surface area contributed by atoms with Crippen LogP contribution in [0.25, 0.3) is 0 Å². The van der Waals surface area contributed by atoms with Crippen molar-refractivity contribution < 1.29 is 9.59 Å². The minimum absolute atomic E-state index is 0.119. The van der Waals surface area contributed by atoms with Crippen molar-refractivity contribution in [3.63, 3.8) is 0 Å². The van der Waals surface area contributed by atoms with Gasteiger partial charge >= 0.3 is 0 Å². The van der Waals surface area contributed by atoms with E-state index in [0.29, 0.717) is 38.9 Å². The van der Waals surface area contributed by atoms with Crippen molar-refractivity contribution >= 4 is 23.2 Å². The third-order valence-electron chi connectivity index (χ3n) is 5.85. The Morgan fingerprint density at radius 2 is 2.14 bits per heavy atom. The highest BCUT2D eigenvalue weighted by Gasteiger charge is 2.32. The first-order valence-corrected chi connectivity index (χ1v) is 11.3. The monoisotopic (exact) mass is 412 g/mol. The van der Waals surface area contributed by atoms with Gasteiger partial charge in [-0.25, -0.2) is 4.98 Å². The molecule has 4 rings (SSSR count). The summed E-state index contributed by atoms with van der Waals surface area (Å²) < 4.78 is 0. The van der Waals surface area contributed by atoms with E-state index in [9.17, 15) is 9.59 Å². The van der Waals surface area contributed by atoms with Crippen molar-refractivity contribution in [1.29, 1.82) is 0 Å². The predicted molar refractivity (Wildman–Crippen MR) is 112 cm³/mol. The molecule has 0 aromatic carbocycles. The molecular formula is C22H28N4O2S. The molecule has 2 amide bonds. The van der Waals surface area contributed by atoms with E-state index < -0.39 is 0 Å². The SMILES string of the molecule is CN(Cc1nc2c(s1)CCCC2)C(=O)C1CCC(=O)N(CCc2ccccn2)C1. The summed E-state index contributed by atoms with van der Waals surface area (Å²) in [5.74, 6) is 0.129. The molecule has 6 nitrogen and oxygen atoms in total. The summed E-state index contributed by atoms with van der Waals surface area (Å²) in [6.45, 7) is 1.68. The number of amides is 2. The summed E-state index contributed by atoms with van der Waals surface area (Å²) in [7, 11) is 1.86. The van der Waals surface area contributed by atoms with Gasteiger partial charge in [-0.05, 0) is 44.2 Å². The normalized spacial score (nSPS) is 19.1. The summed E-state index contributed by atoms with van der Waals surface area (Å²) in [5.41, 5.74) is 2.21. The second-order valence-corrected chi connectivity index (χ2v) is 9.19. The van der Waals surface area contributed by atoms with Gasteiger partial charge in [0.25, 0.3) is 0 Å². The smallest absolute Gasteiger partial charge is 0.227 e. The summed E-state index contributed by atoms with van der Waals surface area (Å²) >= 11 is 1.76. The number of likely N-dealkylation sites (tertiary alicyclic amines) is 1. The molecule has 2 aromatic rings. The van der Waals surface area contributed by atoms with Crippen molar-refractivity contribution in [3.05, 3.63) is 45.7 Å². The Labute approximate surface area is 176 Å². The fourth-order valence-corrected chi connectivity index (χ4v) is 5.40. The molecule has 0 saturated carbocycles. The van der Waals surface area contributed by atoms with Gasteiger partial charge in [-0.15, -0.1) is 11.3 Å². The molecule has 0 N–H and O–H groups in total. The molecule has 1 atom stereocenters. The van der Waals surface area contributed by atoms with E-state index in [1.165, 1.54) is 23.4 Å². The van der Waals surface area contributed by atoms with Gasteiger partial charge in [0.2, 0.25) is 11.8 Å². The van der Waals surface area contributed by atoms with Gasteiger partial charge in [-0.1, -0.05) is 6.07 Å². The van der Waals surface area contributed by atoms with Gasteiger partial charge in [-0.3, -0.25) is 14.6 Å². The summed E-state index contributed by atoms with van der Waals surface area (Å²) in [5, 5.41) is 1.03. The highest BCUT2D eigenvalue weighted by Crippen LogP contribution is 2.28. The van der Waals surface area contributed by atoms with E-state index in [-0.39, 0.29) is 17.7 Å². The molecular weight excluding hydrogens is 384 g/mol. The van der Waals surface area contributed by atoms with Gasteiger partial charge in [-0.2, -0.15) is 0 Å². The predicted octanol–water partition coefficient (Wildman–Crippen LogP) is 2.86. The first kappa shape index (κ1) is 20.0. The number of nitrogens with zero attached hydrogens (tertiary/aromatic N) is 4. The van der Waals surface area contributed by atoms with Crippen LogP contribution in [0.5, 0.6) is 0 Å². The van der Waals surface area contributed by atoms with Crippen LogP contribution in [0.4, 0.5) is 0 Å². The second-order valence-electron chi connectivity index (χ2n) is 8.03. The third-order valence-corrected chi connectivity index (χ3v) is 6.99. The van der Waals surface area contributed by atoms with Crippen LogP contribution in [0.2, 0.25) is 0 Å². The minimum atomic E-state index is -0.129. The van der Waals surface area contributed by atoms with Crippen molar-refractivity contribution in [3.8, 4) is 0 Å². The number of fused-ring (bicyclic) bond motifs is 1. The Kier molecular flexibility index (Phi) is 6.23. The van der Waals surface area contributed by atoms with E-state index in [1.54, 1.807) is 22.4 Å². The number of rotatable bonds is 6. The van der Waals surface area contributed by atoms with Crippen LogP contribution in [-0.4, -0.2) is 51.7 Å². The van der Waals surface area contributed by atoms with Gasteiger partial charge in [0.05, 0.1) is 18.2 Å². The number of hydrogen-bond donors (Lipinski definition) is 0. The molecule has 7 heteroatoms. The Hall–Kier alpha value is -2.28. The molecule has 1 aliphatic heterocycles. The molecule has 2 aliphatic rings. The number of pyridine rings is 1. The largest absolute Gasteiger partial charge is 0.342 e. The second kappa shape index (κ2) is 9.03. The van der Waals surface area contributed by atoms with Crippen LogP contribution >= 0.6 is 11.3 Å². The van der Waals surface area contributed by atoms with Crippen LogP contribution < -0.4 is 0 Å². The zero-order chi connectivity index (χ0) is 20.2. The van der Waals surface area contributed by atoms with Crippen LogP contribution in [0.15, 0.2) is 24.4 Å². The Bertz CT molecular complexity index is 843. The first-order chi connectivity index (χ1) is 14.1. The minimum Gasteiger partial charge on any atom is -0.342 e. The molecule has 1 aliphatic carbocycles.